The minimum atomic E-state index is -1.07. The first-order valence-corrected chi connectivity index (χ1v) is 8.71. The molecule has 0 spiro atoms. The highest BCUT2D eigenvalue weighted by molar-refractivity contribution is 5.94. The molecule has 136 valence electrons. The van der Waals surface area contributed by atoms with E-state index < -0.39 is 11.5 Å². The van der Waals surface area contributed by atoms with Crippen molar-refractivity contribution in [3.63, 3.8) is 0 Å². The molecule has 3 N–H and O–H groups in total. The summed E-state index contributed by atoms with van der Waals surface area (Å²) in [5.74, 6) is -0.742. The summed E-state index contributed by atoms with van der Waals surface area (Å²) < 4.78 is 0. The number of hydrogen-bond donors (Lipinski definition) is 3. The van der Waals surface area contributed by atoms with Gasteiger partial charge in [-0.1, -0.05) is 13.8 Å². The maximum Gasteiger partial charge on any atom is 0.329 e. The second-order valence-electron chi connectivity index (χ2n) is 6.45. The summed E-state index contributed by atoms with van der Waals surface area (Å²) in [6.45, 7) is 8.73. The van der Waals surface area contributed by atoms with Crippen molar-refractivity contribution in [1.82, 2.24) is 9.88 Å². The van der Waals surface area contributed by atoms with Crippen LogP contribution in [0.1, 0.15) is 33.6 Å². The van der Waals surface area contributed by atoms with Gasteiger partial charge in [0.25, 0.3) is 0 Å². The first-order valence-electron chi connectivity index (χ1n) is 8.71. The number of pyridine rings is 1. The van der Waals surface area contributed by atoms with Crippen molar-refractivity contribution in [1.29, 1.82) is 0 Å². The lowest BCUT2D eigenvalue weighted by molar-refractivity contribution is -0.142. The van der Waals surface area contributed by atoms with Crippen molar-refractivity contribution in [3.05, 3.63) is 30.5 Å². The van der Waals surface area contributed by atoms with Crippen LogP contribution >= 0.6 is 0 Å². The number of rotatable bonds is 9. The summed E-state index contributed by atoms with van der Waals surface area (Å²) in [6.07, 6.45) is 2.92. The van der Waals surface area contributed by atoms with Crippen molar-refractivity contribution >= 4 is 22.6 Å². The van der Waals surface area contributed by atoms with Crippen molar-refractivity contribution in [3.8, 4) is 5.75 Å². The van der Waals surface area contributed by atoms with E-state index in [-0.39, 0.29) is 5.75 Å². The van der Waals surface area contributed by atoms with E-state index in [1.165, 1.54) is 0 Å². The predicted molar refractivity (Wildman–Crippen MR) is 100 cm³/mol. The molecule has 1 atom stereocenters. The van der Waals surface area contributed by atoms with Crippen LogP contribution in [0.5, 0.6) is 5.75 Å². The van der Waals surface area contributed by atoms with Crippen molar-refractivity contribution < 1.29 is 15.0 Å². The van der Waals surface area contributed by atoms with E-state index in [4.69, 9.17) is 0 Å². The standard InChI is InChI=1S/C19H27N3O3/c1-4-22(5-2)12-6-10-19(3,18(24)25)21-16-9-11-20-17-13-14(23)7-8-15(16)17/h7-9,11,13,23H,4-6,10,12H2,1-3H3,(H,20,21)(H,24,25). The Morgan fingerprint density at radius 2 is 2.00 bits per heavy atom. The number of fused-ring (bicyclic) bond motifs is 1. The normalized spacial score (nSPS) is 13.8. The van der Waals surface area contributed by atoms with Gasteiger partial charge in [0.1, 0.15) is 11.3 Å². The number of nitrogens with one attached hydrogen (secondary N) is 1. The molecule has 1 unspecified atom stereocenters. The van der Waals surface area contributed by atoms with Crippen LogP contribution in [0.4, 0.5) is 5.69 Å². The Bertz CT molecular complexity index is 731. The molecule has 0 amide bonds. The van der Waals surface area contributed by atoms with Crippen molar-refractivity contribution in [2.45, 2.75) is 39.2 Å². The van der Waals surface area contributed by atoms with E-state index in [9.17, 15) is 15.0 Å². The number of phenols is 1. The average Bonchev–Trinajstić information content (AvgIpc) is 2.58. The Morgan fingerprint density at radius 3 is 2.64 bits per heavy atom. The summed E-state index contributed by atoms with van der Waals surface area (Å²) >= 11 is 0. The molecule has 0 radical (unpaired) electrons. The quantitative estimate of drug-likeness (QED) is 0.646. The van der Waals surface area contributed by atoms with Crippen molar-refractivity contribution in [2.24, 2.45) is 0 Å². The molecule has 0 aliphatic rings. The van der Waals surface area contributed by atoms with E-state index >= 15 is 0 Å². The molecule has 0 saturated carbocycles. The smallest absolute Gasteiger partial charge is 0.329 e. The summed E-state index contributed by atoms with van der Waals surface area (Å²) in [5, 5.41) is 23.3. The van der Waals surface area contributed by atoms with Crippen molar-refractivity contribution in [2.75, 3.05) is 25.0 Å². The Kier molecular flexibility index (Phi) is 6.20. The fraction of sp³-hybridized carbons (Fsp3) is 0.474. The number of hydrogen-bond acceptors (Lipinski definition) is 5. The van der Waals surface area contributed by atoms with Gasteiger partial charge in [0.2, 0.25) is 0 Å². The highest BCUT2D eigenvalue weighted by Crippen LogP contribution is 2.28. The lowest BCUT2D eigenvalue weighted by Gasteiger charge is -2.29. The van der Waals surface area contributed by atoms with E-state index in [2.05, 4.69) is 29.0 Å². The van der Waals surface area contributed by atoms with Crippen LogP contribution in [0, 0.1) is 0 Å². The van der Waals surface area contributed by atoms with E-state index in [1.54, 1.807) is 37.4 Å². The van der Waals surface area contributed by atoms with E-state index in [0.29, 0.717) is 17.6 Å². The number of carboxylic acid groups (broad SMARTS) is 1. The monoisotopic (exact) mass is 345 g/mol. The molecule has 0 bridgehead atoms. The maximum absolute atomic E-state index is 11.9. The lowest BCUT2D eigenvalue weighted by Crippen LogP contribution is -2.44. The summed E-state index contributed by atoms with van der Waals surface area (Å²) in [5.41, 5.74) is 0.262. The van der Waals surface area contributed by atoms with Crippen LogP contribution in [0.2, 0.25) is 0 Å². The largest absolute Gasteiger partial charge is 0.508 e. The van der Waals surface area contributed by atoms with Gasteiger partial charge in [-0.3, -0.25) is 4.98 Å². The molecular formula is C19H27N3O3. The van der Waals surface area contributed by atoms with Gasteiger partial charge >= 0.3 is 5.97 Å². The molecule has 0 saturated heterocycles. The summed E-state index contributed by atoms with van der Waals surface area (Å²) in [4.78, 5) is 18.4. The van der Waals surface area contributed by atoms with Gasteiger partial charge in [-0.2, -0.15) is 0 Å². The Hall–Kier alpha value is -2.34. The Labute approximate surface area is 148 Å². The first kappa shape index (κ1) is 19.0. The number of anilines is 1. The molecule has 2 rings (SSSR count). The highest BCUT2D eigenvalue weighted by atomic mass is 16.4. The molecule has 2 aromatic rings. The zero-order valence-corrected chi connectivity index (χ0v) is 15.1. The third-order valence-corrected chi connectivity index (χ3v) is 4.65. The number of phenolic OH excluding ortho intramolecular Hbond substituents is 1. The Morgan fingerprint density at radius 1 is 1.28 bits per heavy atom. The summed E-state index contributed by atoms with van der Waals surface area (Å²) in [6, 6.07) is 6.66. The number of aromatic hydroxyl groups is 1. The maximum atomic E-state index is 11.9. The van der Waals surface area contributed by atoms with Gasteiger partial charge in [-0.15, -0.1) is 0 Å². The number of aliphatic carboxylic acids is 1. The van der Waals surface area contributed by atoms with Gasteiger partial charge in [0, 0.05) is 23.3 Å². The topological polar surface area (TPSA) is 85.7 Å². The van der Waals surface area contributed by atoms with Crippen LogP contribution in [0.3, 0.4) is 0 Å². The van der Waals surface area contributed by atoms with Crippen LogP contribution in [-0.2, 0) is 4.79 Å². The number of nitrogens with zero attached hydrogens (tertiary/aromatic N) is 2. The minimum absolute atomic E-state index is 0.136. The second-order valence-corrected chi connectivity index (χ2v) is 6.45. The molecule has 1 aromatic carbocycles. The second kappa shape index (κ2) is 8.16. The van der Waals surface area contributed by atoms with Gasteiger partial charge in [-0.05, 0) is 57.6 Å². The van der Waals surface area contributed by atoms with Crippen LogP contribution in [0.25, 0.3) is 10.9 Å². The third kappa shape index (κ3) is 4.60. The molecule has 0 aliphatic carbocycles. The fourth-order valence-electron chi connectivity index (χ4n) is 2.96. The molecule has 0 fully saturated rings. The average molecular weight is 345 g/mol. The van der Waals surface area contributed by atoms with Crippen LogP contribution in [-0.4, -0.2) is 51.2 Å². The summed E-state index contributed by atoms with van der Waals surface area (Å²) in [7, 11) is 0. The molecule has 0 aliphatic heterocycles. The van der Waals surface area contributed by atoms with Crippen LogP contribution in [0.15, 0.2) is 30.5 Å². The number of carboxylic acids is 1. The van der Waals surface area contributed by atoms with Crippen LogP contribution < -0.4 is 5.32 Å². The zero-order valence-electron chi connectivity index (χ0n) is 15.1. The molecule has 6 heteroatoms. The molecular weight excluding hydrogens is 318 g/mol. The SMILES string of the molecule is CCN(CC)CCCC(C)(Nc1ccnc2cc(O)ccc12)C(=O)O. The fourth-order valence-corrected chi connectivity index (χ4v) is 2.96. The molecule has 6 nitrogen and oxygen atoms in total. The lowest BCUT2D eigenvalue weighted by atomic mass is 9.94. The van der Waals surface area contributed by atoms with E-state index in [1.807, 2.05) is 0 Å². The predicted octanol–water partition coefficient (Wildman–Crippen LogP) is 3.32. The zero-order chi connectivity index (χ0) is 18.4. The molecule has 1 heterocycles. The van der Waals surface area contributed by atoms with Gasteiger partial charge in [0.15, 0.2) is 0 Å². The molecule has 1 aromatic heterocycles. The Balaban J connectivity index is 2.20. The third-order valence-electron chi connectivity index (χ3n) is 4.65. The van der Waals surface area contributed by atoms with Gasteiger partial charge in [-0.25, -0.2) is 4.79 Å². The van der Waals surface area contributed by atoms with E-state index in [0.717, 1.165) is 31.4 Å². The minimum Gasteiger partial charge on any atom is -0.508 e. The van der Waals surface area contributed by atoms with Gasteiger partial charge < -0.3 is 20.4 Å². The first-order chi connectivity index (χ1) is 11.9. The van der Waals surface area contributed by atoms with Gasteiger partial charge in [0.05, 0.1) is 5.52 Å². The molecule has 25 heavy (non-hydrogen) atoms. The number of carbonyl (C=O) groups is 1. The highest BCUT2D eigenvalue weighted by Gasteiger charge is 2.33. The number of benzene rings is 1. The number of aromatic nitrogens is 1.